The van der Waals surface area contributed by atoms with Crippen molar-refractivity contribution >= 4 is 49.9 Å². The van der Waals surface area contributed by atoms with Gasteiger partial charge in [-0.1, -0.05) is 63.8 Å². The molecule has 4 nitrogen and oxygen atoms in total. The SMILES string of the molecule is CCCCOc1cc(OCCCC)c(PC(=O)c2c(C)cccc2Cl)c(OCCCC)c1.[Li]. The Balaban J connectivity index is 0.00000544. The van der Waals surface area contributed by atoms with Crippen molar-refractivity contribution in [1.82, 2.24) is 0 Å². The molecule has 0 heterocycles. The summed E-state index contributed by atoms with van der Waals surface area (Å²) in [5.74, 6) is 2.04. The van der Waals surface area contributed by atoms with Crippen molar-refractivity contribution in [2.24, 2.45) is 0 Å². The zero-order chi connectivity index (χ0) is 23.3. The van der Waals surface area contributed by atoms with Gasteiger partial charge < -0.3 is 14.2 Å². The molecule has 0 amide bonds. The number of unbranched alkanes of at least 4 members (excludes halogenated alkanes) is 3. The fourth-order valence-electron chi connectivity index (χ4n) is 3.08. The van der Waals surface area contributed by atoms with Gasteiger partial charge in [0, 0.05) is 36.6 Å². The summed E-state index contributed by atoms with van der Waals surface area (Å²) in [6.07, 6.45) is 5.97. The third kappa shape index (κ3) is 9.54. The molecule has 0 aliphatic rings. The Morgan fingerprint density at radius 2 is 1.39 bits per heavy atom. The van der Waals surface area contributed by atoms with E-state index in [0.717, 1.165) is 49.4 Å². The molecule has 2 aromatic carbocycles. The Labute approximate surface area is 218 Å². The molecule has 1 atom stereocenters. The van der Waals surface area contributed by atoms with Crippen LogP contribution in [0.25, 0.3) is 0 Å². The predicted molar refractivity (Wildman–Crippen MR) is 142 cm³/mol. The van der Waals surface area contributed by atoms with Crippen molar-refractivity contribution in [3.63, 3.8) is 0 Å². The van der Waals surface area contributed by atoms with E-state index in [1.165, 1.54) is 0 Å². The summed E-state index contributed by atoms with van der Waals surface area (Å²) in [4.78, 5) is 13.3. The van der Waals surface area contributed by atoms with Crippen LogP contribution >= 0.6 is 20.2 Å². The molecule has 2 aromatic rings. The van der Waals surface area contributed by atoms with E-state index in [4.69, 9.17) is 25.8 Å². The van der Waals surface area contributed by atoms with Crippen molar-refractivity contribution in [3.05, 3.63) is 46.5 Å². The van der Waals surface area contributed by atoms with Crippen molar-refractivity contribution in [3.8, 4) is 17.2 Å². The molecule has 0 aliphatic carbocycles. The quantitative estimate of drug-likeness (QED) is 0.155. The van der Waals surface area contributed by atoms with E-state index in [9.17, 15) is 4.79 Å². The fourth-order valence-corrected chi connectivity index (χ4v) is 4.69. The van der Waals surface area contributed by atoms with Gasteiger partial charge in [-0.15, -0.1) is 0 Å². The molecule has 1 radical (unpaired) electrons. The minimum absolute atomic E-state index is 0. The van der Waals surface area contributed by atoms with Crippen LogP contribution in [0.2, 0.25) is 5.02 Å². The third-order valence-electron chi connectivity index (χ3n) is 5.00. The number of carbonyl (C=O) groups excluding carboxylic acids is 1. The molecule has 33 heavy (non-hydrogen) atoms. The number of ether oxygens (including phenoxy) is 3. The predicted octanol–water partition coefficient (Wildman–Crippen LogP) is 6.95. The van der Waals surface area contributed by atoms with E-state index < -0.39 is 0 Å². The number of halogens is 1. The molecule has 1 unspecified atom stereocenters. The van der Waals surface area contributed by atoms with Crippen LogP contribution in [-0.2, 0) is 0 Å². The van der Waals surface area contributed by atoms with Gasteiger partial charge in [0.05, 0.1) is 30.1 Å². The molecule has 177 valence electrons. The average Bonchev–Trinajstić information content (AvgIpc) is 2.76. The first-order chi connectivity index (χ1) is 15.5. The van der Waals surface area contributed by atoms with Crippen LogP contribution in [0.15, 0.2) is 30.3 Å². The van der Waals surface area contributed by atoms with Crippen LogP contribution < -0.4 is 19.5 Å². The summed E-state index contributed by atoms with van der Waals surface area (Å²) in [7, 11) is -0.160. The van der Waals surface area contributed by atoms with E-state index in [2.05, 4.69) is 20.8 Å². The first-order valence-electron chi connectivity index (χ1n) is 11.6. The van der Waals surface area contributed by atoms with Gasteiger partial charge in [0.25, 0.3) is 0 Å². The number of carbonyl (C=O) groups is 1. The van der Waals surface area contributed by atoms with Gasteiger partial charge >= 0.3 is 0 Å². The standard InChI is InChI=1S/C26H36ClO4P.Li/c1-5-8-14-29-20-17-22(30-15-9-6-2)25(23(18-20)31-16-10-7-3)32-26(28)24-19(4)12-11-13-21(24)27;/h11-13,17-18,32H,5-10,14-16H2,1-4H3;. The van der Waals surface area contributed by atoms with Crippen LogP contribution in [0.1, 0.15) is 75.2 Å². The van der Waals surface area contributed by atoms with Crippen LogP contribution in [0.3, 0.4) is 0 Å². The molecule has 2 rings (SSSR count). The van der Waals surface area contributed by atoms with Crippen LogP contribution in [0.4, 0.5) is 0 Å². The molecule has 0 saturated carbocycles. The number of rotatable bonds is 15. The second-order valence-electron chi connectivity index (χ2n) is 7.79. The summed E-state index contributed by atoms with van der Waals surface area (Å²) >= 11 is 6.37. The minimum atomic E-state index is -0.160. The summed E-state index contributed by atoms with van der Waals surface area (Å²) < 4.78 is 18.2. The van der Waals surface area contributed by atoms with E-state index >= 15 is 0 Å². The first-order valence-corrected chi connectivity index (χ1v) is 13.0. The molecule has 0 fully saturated rings. The van der Waals surface area contributed by atoms with Gasteiger partial charge in [0.2, 0.25) is 0 Å². The van der Waals surface area contributed by atoms with E-state index in [1.807, 2.05) is 31.2 Å². The van der Waals surface area contributed by atoms with Crippen LogP contribution in [0.5, 0.6) is 17.2 Å². The maximum atomic E-state index is 13.3. The average molecular weight is 486 g/mol. The second kappa shape index (κ2) is 16.5. The fraction of sp³-hybridized carbons (Fsp3) is 0.500. The molecular weight excluding hydrogens is 450 g/mol. The van der Waals surface area contributed by atoms with Crippen molar-refractivity contribution in [2.45, 2.75) is 66.2 Å². The summed E-state index contributed by atoms with van der Waals surface area (Å²) in [5.41, 5.74) is 1.42. The van der Waals surface area contributed by atoms with E-state index in [-0.39, 0.29) is 33.0 Å². The van der Waals surface area contributed by atoms with E-state index in [1.54, 1.807) is 6.07 Å². The maximum absolute atomic E-state index is 13.3. The Hall–Kier alpha value is -1.17. The molecule has 0 aliphatic heterocycles. The zero-order valence-corrected chi connectivity index (χ0v) is 22.5. The molecule has 0 aromatic heterocycles. The number of hydrogen-bond donors (Lipinski definition) is 0. The third-order valence-corrected chi connectivity index (χ3v) is 6.54. The zero-order valence-electron chi connectivity index (χ0n) is 20.8. The van der Waals surface area contributed by atoms with Crippen LogP contribution in [-0.4, -0.2) is 44.2 Å². The van der Waals surface area contributed by atoms with E-state index in [0.29, 0.717) is 47.7 Å². The van der Waals surface area contributed by atoms with Gasteiger partial charge in [-0.25, -0.2) is 0 Å². The van der Waals surface area contributed by atoms with Crippen LogP contribution in [0, 0.1) is 6.92 Å². The minimum Gasteiger partial charge on any atom is -0.493 e. The Bertz CT molecular complexity index is 824. The number of benzene rings is 2. The largest absolute Gasteiger partial charge is 0.493 e. The Kier molecular flexibility index (Phi) is 14.9. The molecule has 0 bridgehead atoms. The topological polar surface area (TPSA) is 44.8 Å². The summed E-state index contributed by atoms with van der Waals surface area (Å²) in [5, 5.41) is 1.26. The van der Waals surface area contributed by atoms with Gasteiger partial charge in [0.1, 0.15) is 17.2 Å². The Morgan fingerprint density at radius 3 is 1.88 bits per heavy atom. The van der Waals surface area contributed by atoms with Crippen molar-refractivity contribution in [1.29, 1.82) is 0 Å². The van der Waals surface area contributed by atoms with Gasteiger partial charge in [-0.3, -0.25) is 4.79 Å². The molecule has 0 N–H and O–H groups in total. The van der Waals surface area contributed by atoms with Crippen molar-refractivity contribution in [2.75, 3.05) is 19.8 Å². The normalized spacial score (nSPS) is 10.8. The Morgan fingerprint density at radius 1 is 0.879 bits per heavy atom. The molecule has 7 heteroatoms. The summed E-state index contributed by atoms with van der Waals surface area (Å²) in [6.45, 7) is 10.1. The van der Waals surface area contributed by atoms with Crippen molar-refractivity contribution < 1.29 is 19.0 Å². The number of hydrogen-bond acceptors (Lipinski definition) is 4. The monoisotopic (exact) mass is 485 g/mol. The van der Waals surface area contributed by atoms with Gasteiger partial charge in [-0.05, 0) is 46.4 Å². The second-order valence-corrected chi connectivity index (χ2v) is 9.40. The van der Waals surface area contributed by atoms with Gasteiger partial charge in [0.15, 0.2) is 5.52 Å². The molecule has 0 spiro atoms. The van der Waals surface area contributed by atoms with Gasteiger partial charge in [-0.2, -0.15) is 0 Å². The molecular formula is C26H36ClLiO4P. The smallest absolute Gasteiger partial charge is 0.187 e. The summed E-state index contributed by atoms with van der Waals surface area (Å²) in [6, 6.07) is 9.32. The first kappa shape index (κ1) is 29.9. The number of aryl methyl sites for hydroxylation is 1. The molecule has 0 saturated heterocycles. The maximum Gasteiger partial charge on any atom is 0.187 e.